The van der Waals surface area contributed by atoms with Crippen LogP contribution >= 0.6 is 0 Å². The molecule has 2 aromatic rings. The van der Waals surface area contributed by atoms with Crippen LogP contribution in [0.25, 0.3) is 0 Å². The number of hydrogen-bond acceptors (Lipinski definition) is 4. The maximum atomic E-state index is 12.5. The van der Waals surface area contributed by atoms with Crippen molar-refractivity contribution in [2.45, 2.75) is 18.2 Å². The molecule has 0 aromatic heterocycles. The summed E-state index contributed by atoms with van der Waals surface area (Å²) >= 11 is 0. The first-order chi connectivity index (χ1) is 10.5. The maximum absolute atomic E-state index is 12.5. The normalized spacial score (nSPS) is 11.0. The van der Waals surface area contributed by atoms with Crippen molar-refractivity contribution in [3.63, 3.8) is 0 Å². The van der Waals surface area contributed by atoms with Gasteiger partial charge in [-0.05, 0) is 36.2 Å². The monoisotopic (exact) mass is 321 g/mol. The quantitative estimate of drug-likeness (QED) is 0.888. The van der Waals surface area contributed by atoms with Crippen LogP contribution < -0.4 is 14.2 Å². The van der Waals surface area contributed by atoms with Crippen molar-refractivity contribution in [1.29, 1.82) is 0 Å². The van der Waals surface area contributed by atoms with Crippen molar-refractivity contribution in [3.05, 3.63) is 48.0 Å². The van der Waals surface area contributed by atoms with E-state index in [0.29, 0.717) is 11.4 Å². The molecule has 0 unspecified atom stereocenters. The lowest BCUT2D eigenvalue weighted by molar-refractivity contribution is 0.386. The van der Waals surface area contributed by atoms with Gasteiger partial charge < -0.3 is 9.47 Å². The Morgan fingerprint density at radius 3 is 2.23 bits per heavy atom. The minimum atomic E-state index is -3.73. The fourth-order valence-electron chi connectivity index (χ4n) is 2.02. The van der Waals surface area contributed by atoms with Crippen LogP contribution in [-0.4, -0.2) is 22.6 Å². The van der Waals surface area contributed by atoms with Crippen molar-refractivity contribution in [1.82, 2.24) is 0 Å². The average molecular weight is 321 g/mol. The van der Waals surface area contributed by atoms with Gasteiger partial charge in [-0.1, -0.05) is 19.1 Å². The highest BCUT2D eigenvalue weighted by atomic mass is 32.2. The van der Waals surface area contributed by atoms with E-state index in [1.54, 1.807) is 18.2 Å². The zero-order valence-corrected chi connectivity index (χ0v) is 13.6. The van der Waals surface area contributed by atoms with Crippen LogP contribution in [0.1, 0.15) is 12.5 Å². The van der Waals surface area contributed by atoms with E-state index in [2.05, 4.69) is 4.72 Å². The van der Waals surface area contributed by atoms with E-state index in [9.17, 15) is 8.42 Å². The van der Waals surface area contributed by atoms with E-state index in [1.165, 1.54) is 26.4 Å². The van der Waals surface area contributed by atoms with Gasteiger partial charge in [-0.15, -0.1) is 0 Å². The Labute approximate surface area is 130 Å². The van der Waals surface area contributed by atoms with Crippen LogP contribution in [0.5, 0.6) is 11.5 Å². The number of ether oxygens (including phenoxy) is 2. The molecule has 0 fully saturated rings. The molecule has 0 aliphatic heterocycles. The summed E-state index contributed by atoms with van der Waals surface area (Å²) in [6, 6.07) is 11.8. The highest BCUT2D eigenvalue weighted by Crippen LogP contribution is 2.29. The van der Waals surface area contributed by atoms with Crippen LogP contribution in [0, 0.1) is 0 Å². The first-order valence-corrected chi connectivity index (χ1v) is 8.32. The fourth-order valence-corrected chi connectivity index (χ4v) is 3.23. The zero-order valence-electron chi connectivity index (χ0n) is 12.8. The van der Waals surface area contributed by atoms with Crippen LogP contribution in [0.3, 0.4) is 0 Å². The largest absolute Gasteiger partial charge is 0.497 e. The van der Waals surface area contributed by atoms with Crippen LogP contribution in [-0.2, 0) is 16.4 Å². The third-order valence-corrected chi connectivity index (χ3v) is 4.70. The molecule has 0 aliphatic carbocycles. The molecule has 0 spiro atoms. The van der Waals surface area contributed by atoms with E-state index in [-0.39, 0.29) is 10.6 Å². The maximum Gasteiger partial charge on any atom is 0.265 e. The second kappa shape index (κ2) is 6.70. The molecule has 0 aliphatic rings. The number of methoxy groups -OCH3 is 2. The average Bonchev–Trinajstić information content (AvgIpc) is 2.54. The number of anilines is 1. The Kier molecular flexibility index (Phi) is 4.92. The topological polar surface area (TPSA) is 64.6 Å². The molecule has 22 heavy (non-hydrogen) atoms. The Morgan fingerprint density at radius 1 is 1.00 bits per heavy atom. The molecule has 0 amide bonds. The Morgan fingerprint density at radius 2 is 1.68 bits per heavy atom. The zero-order chi connectivity index (χ0) is 16.2. The minimum absolute atomic E-state index is 0.0652. The molecule has 0 saturated carbocycles. The fraction of sp³-hybridized carbons (Fsp3) is 0.250. The third-order valence-electron chi connectivity index (χ3n) is 3.27. The first kappa shape index (κ1) is 16.2. The van der Waals surface area contributed by atoms with Crippen LogP contribution in [0.2, 0.25) is 0 Å². The van der Waals surface area contributed by atoms with Crippen molar-refractivity contribution in [2.75, 3.05) is 18.9 Å². The summed E-state index contributed by atoms with van der Waals surface area (Å²) in [5.41, 5.74) is 1.65. The van der Waals surface area contributed by atoms with E-state index < -0.39 is 10.0 Å². The Balaban J connectivity index is 2.33. The van der Waals surface area contributed by atoms with Crippen molar-refractivity contribution in [3.8, 4) is 11.5 Å². The van der Waals surface area contributed by atoms with Gasteiger partial charge in [0.25, 0.3) is 10.0 Å². The molecule has 118 valence electrons. The lowest BCUT2D eigenvalue weighted by Gasteiger charge is -2.13. The highest BCUT2D eigenvalue weighted by Gasteiger charge is 2.20. The lowest BCUT2D eigenvalue weighted by atomic mass is 10.2. The minimum Gasteiger partial charge on any atom is -0.497 e. The smallest absolute Gasteiger partial charge is 0.265 e. The number of sulfonamides is 1. The van der Waals surface area contributed by atoms with Crippen molar-refractivity contribution in [2.24, 2.45) is 0 Å². The molecule has 0 saturated heterocycles. The molecule has 0 radical (unpaired) electrons. The molecule has 1 N–H and O–H groups in total. The highest BCUT2D eigenvalue weighted by molar-refractivity contribution is 7.92. The van der Waals surface area contributed by atoms with Crippen molar-refractivity contribution >= 4 is 15.7 Å². The summed E-state index contributed by atoms with van der Waals surface area (Å²) in [7, 11) is -0.800. The SMILES string of the molecule is CCc1ccc(NS(=O)(=O)c2ccc(OC)cc2OC)cc1. The second-order valence-corrected chi connectivity index (χ2v) is 6.32. The van der Waals surface area contributed by atoms with Gasteiger partial charge in [0.05, 0.1) is 14.2 Å². The molecule has 6 heteroatoms. The summed E-state index contributed by atoms with van der Waals surface area (Å²) in [5.74, 6) is 0.764. The third kappa shape index (κ3) is 3.51. The standard InChI is InChI=1S/C16H19NO4S/c1-4-12-5-7-13(8-6-12)17-22(18,19)16-10-9-14(20-2)11-15(16)21-3/h5-11,17H,4H2,1-3H3. The molecule has 2 rings (SSSR count). The van der Waals surface area contributed by atoms with Crippen LogP contribution in [0.15, 0.2) is 47.4 Å². The van der Waals surface area contributed by atoms with E-state index in [1.807, 2.05) is 19.1 Å². The van der Waals surface area contributed by atoms with Crippen LogP contribution in [0.4, 0.5) is 5.69 Å². The van der Waals surface area contributed by atoms with Gasteiger partial charge in [0.15, 0.2) is 0 Å². The summed E-state index contributed by atoms with van der Waals surface area (Å²) < 4.78 is 37.8. The first-order valence-electron chi connectivity index (χ1n) is 6.84. The predicted octanol–water partition coefficient (Wildman–Crippen LogP) is 3.07. The molecule has 0 atom stereocenters. The van der Waals surface area contributed by atoms with Gasteiger partial charge in [-0.3, -0.25) is 4.72 Å². The Hall–Kier alpha value is -2.21. The lowest BCUT2D eigenvalue weighted by Crippen LogP contribution is -2.14. The van der Waals surface area contributed by atoms with E-state index >= 15 is 0 Å². The second-order valence-electron chi connectivity index (χ2n) is 4.67. The van der Waals surface area contributed by atoms with Gasteiger partial charge in [-0.2, -0.15) is 0 Å². The van der Waals surface area contributed by atoms with Gasteiger partial charge in [0, 0.05) is 11.8 Å². The Bertz CT molecular complexity index is 739. The molecule has 5 nitrogen and oxygen atoms in total. The predicted molar refractivity (Wildman–Crippen MR) is 86.2 cm³/mol. The van der Waals surface area contributed by atoms with Gasteiger partial charge >= 0.3 is 0 Å². The summed E-state index contributed by atoms with van der Waals surface area (Å²) in [5, 5.41) is 0. The number of benzene rings is 2. The molecular formula is C16H19NO4S. The van der Waals surface area contributed by atoms with Gasteiger partial charge in [0.1, 0.15) is 16.4 Å². The number of rotatable bonds is 6. The van der Waals surface area contributed by atoms with Gasteiger partial charge in [-0.25, -0.2) is 8.42 Å². The summed E-state index contributed by atoms with van der Waals surface area (Å²) in [6.07, 6.45) is 0.902. The number of nitrogens with one attached hydrogen (secondary N) is 1. The summed E-state index contributed by atoms with van der Waals surface area (Å²) in [4.78, 5) is 0.0652. The molecule has 0 heterocycles. The molecule has 2 aromatic carbocycles. The van der Waals surface area contributed by atoms with E-state index in [4.69, 9.17) is 9.47 Å². The molecule has 0 bridgehead atoms. The van der Waals surface area contributed by atoms with Crippen molar-refractivity contribution < 1.29 is 17.9 Å². The number of hydrogen-bond donors (Lipinski definition) is 1. The summed E-state index contributed by atoms with van der Waals surface area (Å²) in [6.45, 7) is 2.04. The number of aryl methyl sites for hydroxylation is 1. The van der Waals surface area contributed by atoms with Gasteiger partial charge in [0.2, 0.25) is 0 Å². The molecular weight excluding hydrogens is 302 g/mol. The van der Waals surface area contributed by atoms with E-state index in [0.717, 1.165) is 12.0 Å².